The summed E-state index contributed by atoms with van der Waals surface area (Å²) in [5, 5.41) is 9.55. The van der Waals surface area contributed by atoms with Crippen LogP contribution in [-0.2, 0) is 14.8 Å². The SMILES string of the molecule is CCCCN(c1cccc(-c2ccc(Cl)cc2)c1C)S(=O)(=O)c1ccc(OCC(=O)O)c(C)c1C. The van der Waals surface area contributed by atoms with Crippen molar-refractivity contribution in [3.63, 3.8) is 0 Å². The molecule has 3 rings (SSSR count). The highest BCUT2D eigenvalue weighted by molar-refractivity contribution is 7.92. The van der Waals surface area contributed by atoms with Crippen LogP contribution in [0.25, 0.3) is 11.1 Å². The molecule has 0 bridgehead atoms. The monoisotopic (exact) mass is 515 g/mol. The van der Waals surface area contributed by atoms with E-state index in [1.807, 2.05) is 56.3 Å². The normalized spacial score (nSPS) is 11.3. The van der Waals surface area contributed by atoms with Gasteiger partial charge in [-0.1, -0.05) is 49.2 Å². The van der Waals surface area contributed by atoms with Crippen molar-refractivity contribution in [3.05, 3.63) is 76.3 Å². The second-order valence-corrected chi connectivity index (χ2v) is 10.6. The fourth-order valence-electron chi connectivity index (χ4n) is 3.97. The highest BCUT2D eigenvalue weighted by atomic mass is 35.5. The second-order valence-electron chi connectivity index (χ2n) is 8.38. The number of carboxylic acids is 1. The average molecular weight is 516 g/mol. The number of rotatable bonds is 10. The Bertz CT molecular complexity index is 1320. The zero-order chi connectivity index (χ0) is 25.8. The summed E-state index contributed by atoms with van der Waals surface area (Å²) < 4.78 is 34.8. The minimum absolute atomic E-state index is 0.171. The highest BCUT2D eigenvalue weighted by Crippen LogP contribution is 2.36. The van der Waals surface area contributed by atoms with E-state index in [4.69, 9.17) is 21.4 Å². The summed E-state index contributed by atoms with van der Waals surface area (Å²) in [4.78, 5) is 11.1. The van der Waals surface area contributed by atoms with Crippen molar-refractivity contribution in [2.24, 2.45) is 0 Å². The number of nitrogens with zero attached hydrogens (tertiary/aromatic N) is 1. The first kappa shape index (κ1) is 26.6. The summed E-state index contributed by atoms with van der Waals surface area (Å²) in [6.45, 7) is 7.23. The zero-order valence-electron chi connectivity index (χ0n) is 20.3. The Morgan fingerprint density at radius 1 is 0.971 bits per heavy atom. The van der Waals surface area contributed by atoms with Crippen LogP contribution in [0.5, 0.6) is 5.75 Å². The van der Waals surface area contributed by atoms with Crippen molar-refractivity contribution >= 4 is 33.3 Å². The predicted octanol–water partition coefficient (Wildman–Crippen LogP) is 6.39. The van der Waals surface area contributed by atoms with Gasteiger partial charge in [0.2, 0.25) is 0 Å². The van der Waals surface area contributed by atoms with E-state index in [0.29, 0.717) is 40.6 Å². The molecule has 0 spiro atoms. The number of carboxylic acid groups (broad SMARTS) is 1. The number of sulfonamides is 1. The van der Waals surface area contributed by atoms with Gasteiger partial charge < -0.3 is 9.84 Å². The van der Waals surface area contributed by atoms with Gasteiger partial charge in [0, 0.05) is 11.6 Å². The minimum atomic E-state index is -3.92. The van der Waals surface area contributed by atoms with E-state index >= 15 is 0 Å². The Balaban J connectivity index is 2.10. The largest absolute Gasteiger partial charge is 0.482 e. The van der Waals surface area contributed by atoms with Gasteiger partial charge in [-0.15, -0.1) is 0 Å². The van der Waals surface area contributed by atoms with Crippen LogP contribution >= 0.6 is 11.6 Å². The van der Waals surface area contributed by atoms with Crippen molar-refractivity contribution < 1.29 is 23.1 Å². The molecular weight excluding hydrogens is 486 g/mol. The number of hydrogen-bond donors (Lipinski definition) is 1. The topological polar surface area (TPSA) is 83.9 Å². The number of halogens is 1. The van der Waals surface area contributed by atoms with Gasteiger partial charge in [-0.25, -0.2) is 13.2 Å². The number of hydrogen-bond acceptors (Lipinski definition) is 4. The Labute approximate surface area is 212 Å². The van der Waals surface area contributed by atoms with E-state index in [1.54, 1.807) is 13.8 Å². The van der Waals surface area contributed by atoms with Crippen LogP contribution in [0.4, 0.5) is 5.69 Å². The lowest BCUT2D eigenvalue weighted by atomic mass is 9.99. The molecule has 3 aromatic carbocycles. The van der Waals surface area contributed by atoms with Crippen molar-refractivity contribution in [1.82, 2.24) is 0 Å². The van der Waals surface area contributed by atoms with Crippen LogP contribution in [0.1, 0.15) is 36.5 Å². The van der Waals surface area contributed by atoms with E-state index in [0.717, 1.165) is 23.1 Å². The maximum Gasteiger partial charge on any atom is 0.341 e. The molecule has 0 radical (unpaired) electrons. The fraction of sp³-hybridized carbons (Fsp3) is 0.296. The summed E-state index contributed by atoms with van der Waals surface area (Å²) in [6.07, 6.45) is 1.53. The molecular formula is C27H30ClNO5S. The molecule has 186 valence electrons. The van der Waals surface area contributed by atoms with E-state index in [2.05, 4.69) is 0 Å². The molecule has 3 aromatic rings. The Kier molecular flexibility index (Phi) is 8.46. The van der Waals surface area contributed by atoms with Gasteiger partial charge in [-0.3, -0.25) is 4.31 Å². The van der Waals surface area contributed by atoms with E-state index in [9.17, 15) is 13.2 Å². The summed E-state index contributed by atoms with van der Waals surface area (Å²) in [5.74, 6) is -0.745. The standard InChI is InChI=1S/C27H30ClNO5S/c1-5-6-16-29(24-9-7-8-23(20(24)4)21-10-12-22(28)13-11-21)35(32,33)26-15-14-25(18(2)19(26)3)34-17-27(30)31/h7-15H,5-6,16-17H2,1-4H3,(H,30,31). The Morgan fingerprint density at radius 3 is 2.29 bits per heavy atom. The number of benzene rings is 3. The first-order valence-electron chi connectivity index (χ1n) is 11.4. The lowest BCUT2D eigenvalue weighted by molar-refractivity contribution is -0.139. The van der Waals surface area contributed by atoms with Crippen LogP contribution in [-0.4, -0.2) is 32.6 Å². The number of unbranched alkanes of at least 4 members (excludes halogenated alkanes) is 1. The highest BCUT2D eigenvalue weighted by Gasteiger charge is 2.29. The summed E-state index contributed by atoms with van der Waals surface area (Å²) >= 11 is 6.05. The Hall–Kier alpha value is -3.03. The van der Waals surface area contributed by atoms with E-state index < -0.39 is 22.6 Å². The minimum Gasteiger partial charge on any atom is -0.482 e. The lowest BCUT2D eigenvalue weighted by Gasteiger charge is -2.28. The van der Waals surface area contributed by atoms with Crippen LogP contribution in [0, 0.1) is 20.8 Å². The second kappa shape index (κ2) is 11.1. The van der Waals surface area contributed by atoms with E-state index in [1.165, 1.54) is 16.4 Å². The van der Waals surface area contributed by atoms with E-state index in [-0.39, 0.29) is 4.90 Å². The molecule has 0 amide bonds. The van der Waals surface area contributed by atoms with Crippen LogP contribution in [0.3, 0.4) is 0 Å². The summed E-state index contributed by atoms with van der Waals surface area (Å²) in [6, 6.07) is 16.1. The average Bonchev–Trinajstić information content (AvgIpc) is 2.81. The van der Waals surface area contributed by atoms with Gasteiger partial charge in [0.1, 0.15) is 5.75 Å². The van der Waals surface area contributed by atoms with Gasteiger partial charge >= 0.3 is 5.97 Å². The fourth-order valence-corrected chi connectivity index (χ4v) is 5.94. The third kappa shape index (κ3) is 5.80. The molecule has 0 fully saturated rings. The molecule has 0 unspecified atom stereocenters. The molecule has 0 aliphatic rings. The molecule has 0 aliphatic carbocycles. The van der Waals surface area contributed by atoms with Gasteiger partial charge in [-0.2, -0.15) is 0 Å². The van der Waals surface area contributed by atoms with Crippen molar-refractivity contribution in [2.75, 3.05) is 17.5 Å². The molecule has 8 heteroatoms. The molecule has 0 aromatic heterocycles. The predicted molar refractivity (Wildman–Crippen MR) is 140 cm³/mol. The van der Waals surface area contributed by atoms with Crippen LogP contribution in [0.15, 0.2) is 59.5 Å². The van der Waals surface area contributed by atoms with Crippen molar-refractivity contribution in [2.45, 2.75) is 45.4 Å². The smallest absolute Gasteiger partial charge is 0.341 e. The number of carbonyl (C=O) groups is 1. The summed E-state index contributed by atoms with van der Waals surface area (Å²) in [7, 11) is -3.92. The third-order valence-electron chi connectivity index (χ3n) is 6.05. The lowest BCUT2D eigenvalue weighted by Crippen LogP contribution is -2.33. The maximum absolute atomic E-state index is 14.0. The van der Waals surface area contributed by atoms with Crippen molar-refractivity contribution in [1.29, 1.82) is 0 Å². The van der Waals surface area contributed by atoms with Gasteiger partial charge in [0.05, 0.1) is 10.6 Å². The first-order chi connectivity index (χ1) is 16.6. The molecule has 0 aliphatic heterocycles. The molecule has 0 saturated heterocycles. The molecule has 1 N–H and O–H groups in total. The number of anilines is 1. The van der Waals surface area contributed by atoms with Crippen molar-refractivity contribution in [3.8, 4) is 16.9 Å². The third-order valence-corrected chi connectivity index (χ3v) is 8.26. The van der Waals surface area contributed by atoms with Gasteiger partial charge in [-0.05, 0) is 85.3 Å². The van der Waals surface area contributed by atoms with Gasteiger partial charge in [0.25, 0.3) is 10.0 Å². The molecule has 35 heavy (non-hydrogen) atoms. The molecule has 0 atom stereocenters. The summed E-state index contributed by atoms with van der Waals surface area (Å²) in [5.41, 5.74) is 4.48. The molecule has 0 saturated carbocycles. The first-order valence-corrected chi connectivity index (χ1v) is 13.2. The molecule has 6 nitrogen and oxygen atoms in total. The maximum atomic E-state index is 14.0. The van der Waals surface area contributed by atoms with Crippen LogP contribution in [0.2, 0.25) is 5.02 Å². The number of ether oxygens (including phenoxy) is 1. The zero-order valence-corrected chi connectivity index (χ0v) is 21.9. The van der Waals surface area contributed by atoms with Crippen LogP contribution < -0.4 is 9.04 Å². The Morgan fingerprint density at radius 2 is 1.66 bits per heavy atom. The van der Waals surface area contributed by atoms with Gasteiger partial charge in [0.15, 0.2) is 6.61 Å². The number of aliphatic carboxylic acids is 1. The quantitative estimate of drug-likeness (QED) is 0.338. The molecule has 0 heterocycles.